The first kappa shape index (κ1) is 14.7. The van der Waals surface area contributed by atoms with Gasteiger partial charge in [-0.1, -0.05) is 42.6 Å². The number of halogens is 1. The summed E-state index contributed by atoms with van der Waals surface area (Å²) in [5, 5.41) is 10.3. The van der Waals surface area contributed by atoms with E-state index in [-0.39, 0.29) is 5.75 Å². The Kier molecular flexibility index (Phi) is 4.40. The molecule has 21 heavy (non-hydrogen) atoms. The van der Waals surface area contributed by atoms with Gasteiger partial charge in [-0.05, 0) is 30.5 Å². The number of aryl methyl sites for hydroxylation is 1. The van der Waals surface area contributed by atoms with Crippen molar-refractivity contribution in [3.63, 3.8) is 0 Å². The van der Waals surface area contributed by atoms with Gasteiger partial charge in [0, 0.05) is 11.6 Å². The van der Waals surface area contributed by atoms with E-state index in [1.165, 1.54) is 31.0 Å². The maximum Gasteiger partial charge on any atom is 0.313 e. The van der Waals surface area contributed by atoms with Crippen molar-refractivity contribution in [1.29, 1.82) is 0 Å². The smallest absolute Gasteiger partial charge is 0.313 e. The summed E-state index contributed by atoms with van der Waals surface area (Å²) < 4.78 is 2.12. The Morgan fingerprint density at radius 1 is 1.48 bits per heavy atom. The number of carbonyl (C=O) groups is 1. The highest BCUT2D eigenvalue weighted by molar-refractivity contribution is 7.99. The van der Waals surface area contributed by atoms with Crippen LogP contribution in [0.2, 0.25) is 5.02 Å². The molecule has 1 aromatic heterocycles. The molecule has 4 nitrogen and oxygen atoms in total. The van der Waals surface area contributed by atoms with E-state index in [0.717, 1.165) is 35.1 Å². The highest BCUT2D eigenvalue weighted by atomic mass is 35.5. The van der Waals surface area contributed by atoms with E-state index in [4.69, 9.17) is 16.7 Å². The van der Waals surface area contributed by atoms with Crippen LogP contribution in [-0.4, -0.2) is 26.4 Å². The zero-order chi connectivity index (χ0) is 14.8. The molecule has 1 fully saturated rings. The minimum atomic E-state index is -0.823. The van der Waals surface area contributed by atoms with Crippen LogP contribution in [0.5, 0.6) is 0 Å². The predicted molar refractivity (Wildman–Crippen MR) is 85.1 cm³/mol. The van der Waals surface area contributed by atoms with Crippen molar-refractivity contribution in [2.75, 3.05) is 5.75 Å². The van der Waals surface area contributed by atoms with E-state index in [0.29, 0.717) is 5.02 Å². The number of aromatic nitrogens is 2. The Bertz CT molecular complexity index is 667. The van der Waals surface area contributed by atoms with Crippen molar-refractivity contribution in [2.24, 2.45) is 5.92 Å². The first-order valence-electron chi connectivity index (χ1n) is 7.14. The summed E-state index contributed by atoms with van der Waals surface area (Å²) >= 11 is 7.36. The van der Waals surface area contributed by atoms with Crippen LogP contribution in [0.3, 0.4) is 0 Å². The number of thioether (sulfide) groups is 1. The highest BCUT2D eigenvalue weighted by Gasteiger charge is 2.19. The Morgan fingerprint density at radius 3 is 2.95 bits per heavy atom. The second-order valence-corrected chi connectivity index (χ2v) is 6.83. The summed E-state index contributed by atoms with van der Waals surface area (Å²) in [6.07, 6.45) is 5.08. The standard InChI is InChI=1S/C15H17ClN2O2S/c16-11-4-5-12-13(8-11)18(7-6-10-2-1-3-10)15(17-12)21-9-14(19)20/h4-5,8,10H,1-3,6-7,9H2,(H,19,20). The lowest BCUT2D eigenvalue weighted by molar-refractivity contribution is -0.133. The number of imidazole rings is 1. The van der Waals surface area contributed by atoms with Crippen LogP contribution in [-0.2, 0) is 11.3 Å². The SMILES string of the molecule is O=C(O)CSc1nc2ccc(Cl)cc2n1CCC1CCC1. The highest BCUT2D eigenvalue weighted by Crippen LogP contribution is 2.32. The van der Waals surface area contributed by atoms with E-state index in [1.54, 1.807) is 0 Å². The zero-order valence-electron chi connectivity index (χ0n) is 11.6. The van der Waals surface area contributed by atoms with Gasteiger partial charge < -0.3 is 9.67 Å². The van der Waals surface area contributed by atoms with Crippen LogP contribution >= 0.6 is 23.4 Å². The Balaban J connectivity index is 1.88. The number of hydrogen-bond acceptors (Lipinski definition) is 3. The number of aliphatic carboxylic acids is 1. The van der Waals surface area contributed by atoms with Crippen molar-refractivity contribution in [3.05, 3.63) is 23.2 Å². The molecule has 0 saturated heterocycles. The van der Waals surface area contributed by atoms with E-state index in [9.17, 15) is 4.79 Å². The van der Waals surface area contributed by atoms with Crippen molar-refractivity contribution in [2.45, 2.75) is 37.4 Å². The molecule has 6 heteroatoms. The molecule has 1 N–H and O–H groups in total. The molecule has 1 heterocycles. The van der Waals surface area contributed by atoms with Gasteiger partial charge in [-0.25, -0.2) is 4.98 Å². The van der Waals surface area contributed by atoms with Crippen molar-refractivity contribution >= 4 is 40.4 Å². The second-order valence-electron chi connectivity index (χ2n) is 5.45. The lowest BCUT2D eigenvalue weighted by atomic mass is 9.83. The molecule has 1 aliphatic carbocycles. The van der Waals surface area contributed by atoms with Gasteiger partial charge in [0.05, 0.1) is 16.8 Å². The summed E-state index contributed by atoms with van der Waals surface area (Å²) in [5.74, 6) is 0.00936. The van der Waals surface area contributed by atoms with Crippen molar-refractivity contribution in [1.82, 2.24) is 9.55 Å². The van der Waals surface area contributed by atoms with Gasteiger partial charge in [0.2, 0.25) is 0 Å². The fraction of sp³-hybridized carbons (Fsp3) is 0.467. The molecule has 0 atom stereocenters. The molecular formula is C15H17ClN2O2S. The van der Waals surface area contributed by atoms with Crippen LogP contribution in [0, 0.1) is 5.92 Å². The average molecular weight is 325 g/mol. The molecule has 1 saturated carbocycles. The predicted octanol–water partition coefficient (Wildman–Crippen LogP) is 4.06. The average Bonchev–Trinajstić information content (AvgIpc) is 2.72. The van der Waals surface area contributed by atoms with Crippen LogP contribution in [0.15, 0.2) is 23.4 Å². The molecule has 1 aliphatic rings. The normalized spacial score (nSPS) is 15.3. The molecule has 0 aliphatic heterocycles. The van der Waals surface area contributed by atoms with Gasteiger partial charge in [-0.3, -0.25) is 4.79 Å². The molecule has 0 spiro atoms. The number of rotatable bonds is 6. The summed E-state index contributed by atoms with van der Waals surface area (Å²) in [4.78, 5) is 15.3. The van der Waals surface area contributed by atoms with E-state index in [2.05, 4.69) is 9.55 Å². The number of hydrogen-bond donors (Lipinski definition) is 1. The van der Waals surface area contributed by atoms with Gasteiger partial charge in [0.15, 0.2) is 5.16 Å². The molecule has 0 amide bonds. The lowest BCUT2D eigenvalue weighted by Crippen LogP contribution is -2.14. The number of carboxylic acid groups (broad SMARTS) is 1. The van der Waals surface area contributed by atoms with E-state index < -0.39 is 5.97 Å². The monoisotopic (exact) mass is 324 g/mol. The van der Waals surface area contributed by atoms with Crippen molar-refractivity contribution < 1.29 is 9.90 Å². The third-order valence-corrected chi connectivity index (χ3v) is 5.18. The third-order valence-electron chi connectivity index (χ3n) is 3.99. The molecule has 0 bridgehead atoms. The minimum Gasteiger partial charge on any atom is -0.481 e. The molecule has 1 aromatic carbocycles. The van der Waals surface area contributed by atoms with Gasteiger partial charge in [-0.2, -0.15) is 0 Å². The van der Waals surface area contributed by atoms with Gasteiger partial charge in [0.25, 0.3) is 0 Å². The summed E-state index contributed by atoms with van der Waals surface area (Å²) in [7, 11) is 0. The quantitative estimate of drug-likeness (QED) is 0.814. The third kappa shape index (κ3) is 3.35. The van der Waals surface area contributed by atoms with Crippen LogP contribution < -0.4 is 0 Å². The fourth-order valence-electron chi connectivity index (χ4n) is 2.62. The fourth-order valence-corrected chi connectivity index (χ4v) is 3.55. The zero-order valence-corrected chi connectivity index (χ0v) is 13.2. The van der Waals surface area contributed by atoms with Gasteiger partial charge in [0.1, 0.15) is 0 Å². The van der Waals surface area contributed by atoms with Gasteiger partial charge >= 0.3 is 5.97 Å². The molecule has 0 radical (unpaired) electrons. The summed E-state index contributed by atoms with van der Waals surface area (Å²) in [5.41, 5.74) is 1.87. The maximum absolute atomic E-state index is 10.8. The molecule has 3 rings (SSSR count). The molecule has 0 unspecified atom stereocenters. The minimum absolute atomic E-state index is 0.0283. The topological polar surface area (TPSA) is 55.1 Å². The molecule has 2 aromatic rings. The first-order valence-corrected chi connectivity index (χ1v) is 8.50. The van der Waals surface area contributed by atoms with Crippen molar-refractivity contribution in [3.8, 4) is 0 Å². The second kappa shape index (κ2) is 6.28. The number of nitrogens with zero attached hydrogens (tertiary/aromatic N) is 2. The summed E-state index contributed by atoms with van der Waals surface area (Å²) in [6.45, 7) is 0.878. The number of carboxylic acids is 1. The Hall–Kier alpha value is -1.20. The van der Waals surface area contributed by atoms with Crippen LogP contribution in [0.4, 0.5) is 0 Å². The maximum atomic E-state index is 10.8. The largest absolute Gasteiger partial charge is 0.481 e. The summed E-state index contributed by atoms with van der Waals surface area (Å²) in [6, 6.07) is 5.62. The number of fused-ring (bicyclic) bond motifs is 1. The van der Waals surface area contributed by atoms with E-state index >= 15 is 0 Å². The van der Waals surface area contributed by atoms with E-state index in [1.807, 2.05) is 18.2 Å². The molecule has 112 valence electrons. The Morgan fingerprint density at radius 2 is 2.29 bits per heavy atom. The Labute approximate surface area is 132 Å². The first-order chi connectivity index (χ1) is 10.1. The van der Waals surface area contributed by atoms with Crippen LogP contribution in [0.1, 0.15) is 25.7 Å². The molecular weight excluding hydrogens is 308 g/mol. The number of benzene rings is 1. The lowest BCUT2D eigenvalue weighted by Gasteiger charge is -2.25. The van der Waals surface area contributed by atoms with Gasteiger partial charge in [-0.15, -0.1) is 0 Å². The van der Waals surface area contributed by atoms with Crippen LogP contribution in [0.25, 0.3) is 11.0 Å².